The van der Waals surface area contributed by atoms with E-state index in [1.807, 2.05) is 13.8 Å². The van der Waals surface area contributed by atoms with Gasteiger partial charge in [0.05, 0.1) is 12.6 Å². The van der Waals surface area contributed by atoms with Crippen LogP contribution >= 0.6 is 0 Å². The Morgan fingerprint density at radius 2 is 2.16 bits per heavy atom. The number of nitrogens with one attached hydrogen (secondary N) is 1. The quantitative estimate of drug-likeness (QED) is 0.878. The van der Waals surface area contributed by atoms with Crippen LogP contribution in [-0.2, 0) is 17.7 Å². The Bertz CT molecular complexity index is 798. The molecule has 1 saturated carbocycles. The molecule has 2 fully saturated rings. The summed E-state index contributed by atoms with van der Waals surface area (Å²) in [5.41, 5.74) is 0.702. The van der Waals surface area contributed by atoms with Crippen molar-refractivity contribution in [2.75, 3.05) is 13.1 Å². The molecule has 0 bridgehead atoms. The number of aryl methyl sites for hydroxylation is 1. The van der Waals surface area contributed by atoms with Crippen LogP contribution in [0.2, 0.25) is 0 Å². The Balaban J connectivity index is 1.48. The van der Waals surface area contributed by atoms with Crippen molar-refractivity contribution in [2.45, 2.75) is 57.8 Å². The van der Waals surface area contributed by atoms with Crippen LogP contribution < -0.4 is 5.56 Å². The fraction of sp³-hybridized carbons (Fsp3) is 0.647. The maximum Gasteiger partial charge on any atom is 0.257 e. The predicted octanol–water partition coefficient (Wildman–Crippen LogP) is 1.55. The average molecular weight is 345 g/mol. The number of ether oxygens (including phenoxy) is 1. The van der Waals surface area contributed by atoms with E-state index >= 15 is 0 Å². The van der Waals surface area contributed by atoms with Crippen LogP contribution in [-0.4, -0.2) is 44.2 Å². The predicted molar refractivity (Wildman–Crippen MR) is 89.1 cm³/mol. The topological polar surface area (TPSA) is 97.1 Å². The van der Waals surface area contributed by atoms with Gasteiger partial charge in [0, 0.05) is 30.8 Å². The third-order valence-electron chi connectivity index (χ3n) is 4.59. The molecule has 1 aliphatic carbocycles. The molecule has 0 aromatic carbocycles. The van der Waals surface area contributed by atoms with Gasteiger partial charge < -0.3 is 14.2 Å². The Morgan fingerprint density at radius 1 is 1.32 bits per heavy atom. The van der Waals surface area contributed by atoms with Crippen molar-refractivity contribution < 1.29 is 9.26 Å². The molecule has 1 N–H and O–H groups in total. The smallest absolute Gasteiger partial charge is 0.257 e. The minimum atomic E-state index is -0.246. The van der Waals surface area contributed by atoms with Gasteiger partial charge in [-0.3, -0.25) is 9.69 Å². The minimum Gasteiger partial charge on any atom is -0.363 e. The summed E-state index contributed by atoms with van der Waals surface area (Å²) in [6.07, 6.45) is 2.81. The normalized spacial score (nSPS) is 24.6. The maximum absolute atomic E-state index is 11.8. The Kier molecular flexibility index (Phi) is 4.39. The third kappa shape index (κ3) is 3.80. The number of hydrogen-bond acceptors (Lipinski definition) is 7. The molecule has 2 aliphatic rings. The number of aromatic amines is 1. The van der Waals surface area contributed by atoms with Gasteiger partial charge in [-0.1, -0.05) is 12.1 Å². The summed E-state index contributed by atoms with van der Waals surface area (Å²) < 4.78 is 11.4. The standard InChI is InChI=1S/C17H23N5O3/c1-3-12-6-15(23)19-14(18-12)9-22-7-10(2)24-13(8-22)17-20-16(21-25-17)11-4-5-11/h6,10-11,13H,3-5,7-9H2,1-2H3,(H,18,19,23)/t10-,13-/m1/s1. The number of hydrogen-bond donors (Lipinski definition) is 1. The van der Waals surface area contributed by atoms with Crippen LogP contribution in [0.5, 0.6) is 0 Å². The molecule has 2 atom stereocenters. The molecule has 0 amide bonds. The van der Waals surface area contributed by atoms with Crippen LogP contribution in [0, 0.1) is 0 Å². The van der Waals surface area contributed by atoms with E-state index in [0.29, 0.717) is 30.7 Å². The summed E-state index contributed by atoms with van der Waals surface area (Å²) in [5, 5.41) is 4.08. The molecule has 8 nitrogen and oxygen atoms in total. The van der Waals surface area contributed by atoms with Crippen molar-refractivity contribution in [3.05, 3.63) is 39.7 Å². The number of nitrogens with zero attached hydrogens (tertiary/aromatic N) is 4. The van der Waals surface area contributed by atoms with Crippen molar-refractivity contribution in [1.82, 2.24) is 25.0 Å². The second-order valence-electron chi connectivity index (χ2n) is 6.93. The monoisotopic (exact) mass is 345 g/mol. The van der Waals surface area contributed by atoms with E-state index in [2.05, 4.69) is 25.0 Å². The zero-order valence-corrected chi connectivity index (χ0v) is 14.6. The van der Waals surface area contributed by atoms with Crippen LogP contribution in [0.15, 0.2) is 15.4 Å². The van der Waals surface area contributed by atoms with E-state index < -0.39 is 0 Å². The van der Waals surface area contributed by atoms with Crippen molar-refractivity contribution in [3.63, 3.8) is 0 Å². The van der Waals surface area contributed by atoms with Gasteiger partial charge in [-0.2, -0.15) is 4.98 Å². The molecule has 4 rings (SSSR count). The SMILES string of the molecule is CCc1cc(=O)[nH]c(CN2C[C@@H](C)O[C@@H](c3nc(C4CC4)no3)C2)n1. The highest BCUT2D eigenvalue weighted by molar-refractivity contribution is 5.06. The van der Waals surface area contributed by atoms with Gasteiger partial charge in [0.15, 0.2) is 5.82 Å². The Labute approximate surface area is 145 Å². The lowest BCUT2D eigenvalue weighted by atomic mass is 10.2. The first kappa shape index (κ1) is 16.4. The second-order valence-corrected chi connectivity index (χ2v) is 6.93. The fourth-order valence-electron chi connectivity index (χ4n) is 3.22. The molecule has 134 valence electrons. The van der Waals surface area contributed by atoms with Crippen LogP contribution in [0.1, 0.15) is 61.9 Å². The first-order chi connectivity index (χ1) is 12.1. The molecule has 0 unspecified atom stereocenters. The highest BCUT2D eigenvalue weighted by atomic mass is 16.5. The number of aromatic nitrogens is 4. The van der Waals surface area contributed by atoms with E-state index in [9.17, 15) is 4.79 Å². The van der Waals surface area contributed by atoms with E-state index in [1.165, 1.54) is 0 Å². The molecule has 25 heavy (non-hydrogen) atoms. The first-order valence-electron chi connectivity index (χ1n) is 8.91. The molecule has 2 aromatic heterocycles. The summed E-state index contributed by atoms with van der Waals surface area (Å²) in [7, 11) is 0. The molecule has 1 saturated heterocycles. The first-order valence-corrected chi connectivity index (χ1v) is 8.91. The van der Waals surface area contributed by atoms with Crippen LogP contribution in [0.3, 0.4) is 0 Å². The largest absolute Gasteiger partial charge is 0.363 e. The van der Waals surface area contributed by atoms with E-state index in [4.69, 9.17) is 9.26 Å². The van der Waals surface area contributed by atoms with Crippen molar-refractivity contribution in [3.8, 4) is 0 Å². The van der Waals surface area contributed by atoms with Gasteiger partial charge in [0.25, 0.3) is 11.4 Å². The summed E-state index contributed by atoms with van der Waals surface area (Å²) >= 11 is 0. The van der Waals surface area contributed by atoms with Gasteiger partial charge in [-0.15, -0.1) is 0 Å². The maximum atomic E-state index is 11.8. The molecular weight excluding hydrogens is 322 g/mol. The lowest BCUT2D eigenvalue weighted by Crippen LogP contribution is -2.43. The van der Waals surface area contributed by atoms with E-state index in [1.54, 1.807) is 6.07 Å². The average Bonchev–Trinajstić information content (AvgIpc) is 3.30. The number of rotatable bonds is 5. The molecule has 0 radical (unpaired) electrons. The van der Waals surface area contributed by atoms with Gasteiger partial charge in [0.2, 0.25) is 0 Å². The highest BCUT2D eigenvalue weighted by Crippen LogP contribution is 2.38. The molecule has 8 heteroatoms. The molecule has 2 aromatic rings. The molecule has 3 heterocycles. The zero-order chi connectivity index (χ0) is 17.4. The highest BCUT2D eigenvalue weighted by Gasteiger charge is 2.34. The van der Waals surface area contributed by atoms with Crippen LogP contribution in [0.25, 0.3) is 0 Å². The minimum absolute atomic E-state index is 0.0381. The van der Waals surface area contributed by atoms with Crippen LogP contribution in [0.4, 0.5) is 0 Å². The van der Waals surface area contributed by atoms with Gasteiger partial charge in [-0.25, -0.2) is 4.98 Å². The fourth-order valence-corrected chi connectivity index (χ4v) is 3.22. The Morgan fingerprint density at radius 3 is 2.92 bits per heavy atom. The zero-order valence-electron chi connectivity index (χ0n) is 14.6. The second kappa shape index (κ2) is 6.68. The van der Waals surface area contributed by atoms with Gasteiger partial charge in [0.1, 0.15) is 11.9 Å². The summed E-state index contributed by atoms with van der Waals surface area (Å²) in [4.78, 5) is 25.8. The number of morpholine rings is 1. The summed E-state index contributed by atoms with van der Waals surface area (Å²) in [6.45, 7) is 5.98. The third-order valence-corrected chi connectivity index (χ3v) is 4.59. The van der Waals surface area contributed by atoms with Gasteiger partial charge >= 0.3 is 0 Å². The Hall–Kier alpha value is -2.06. The molecule has 0 spiro atoms. The summed E-state index contributed by atoms with van der Waals surface area (Å²) in [5.74, 6) is 2.48. The lowest BCUT2D eigenvalue weighted by molar-refractivity contribution is -0.0935. The van der Waals surface area contributed by atoms with Crippen molar-refractivity contribution in [2.24, 2.45) is 0 Å². The van der Waals surface area contributed by atoms with Crippen molar-refractivity contribution in [1.29, 1.82) is 0 Å². The number of H-pyrrole nitrogens is 1. The lowest BCUT2D eigenvalue weighted by Gasteiger charge is -2.34. The van der Waals surface area contributed by atoms with Crippen molar-refractivity contribution >= 4 is 0 Å². The molecule has 1 aliphatic heterocycles. The van der Waals surface area contributed by atoms with E-state index in [0.717, 1.165) is 37.3 Å². The van der Waals surface area contributed by atoms with Gasteiger partial charge in [-0.05, 0) is 26.2 Å². The summed E-state index contributed by atoms with van der Waals surface area (Å²) in [6, 6.07) is 1.55. The molecular formula is C17H23N5O3. The van der Waals surface area contributed by atoms with E-state index in [-0.39, 0.29) is 17.8 Å².